The molecular weight excluding hydrogens is 306 g/mol. The number of halogens is 2. The molecule has 122 valence electrons. The molecule has 0 saturated carbocycles. The Hall–Kier alpha value is -2.35. The van der Waals surface area contributed by atoms with Crippen molar-refractivity contribution >= 4 is 22.8 Å². The van der Waals surface area contributed by atoms with Crippen LogP contribution in [0, 0.1) is 11.6 Å². The Morgan fingerprint density at radius 3 is 2.74 bits per heavy atom. The number of aromatic nitrogens is 2. The van der Waals surface area contributed by atoms with Gasteiger partial charge in [0.1, 0.15) is 5.82 Å². The molecule has 1 aliphatic heterocycles. The minimum Gasteiger partial charge on any atom is -0.388 e. The van der Waals surface area contributed by atoms with Crippen molar-refractivity contribution in [3.05, 3.63) is 30.0 Å². The van der Waals surface area contributed by atoms with Crippen LogP contribution in [0.4, 0.5) is 14.6 Å². The molecule has 2 aromatic rings. The van der Waals surface area contributed by atoms with Crippen LogP contribution in [-0.4, -0.2) is 39.7 Å². The third kappa shape index (κ3) is 3.21. The third-order valence-electron chi connectivity index (χ3n) is 3.95. The highest BCUT2D eigenvalue weighted by atomic mass is 19.2. The monoisotopic (exact) mass is 322 g/mol. The van der Waals surface area contributed by atoms with Gasteiger partial charge in [-0.1, -0.05) is 0 Å². The molecule has 3 N–H and O–H groups in total. The van der Waals surface area contributed by atoms with Gasteiger partial charge in [0.25, 0.3) is 0 Å². The Kier molecular flexibility index (Phi) is 3.85. The Morgan fingerprint density at radius 1 is 1.35 bits per heavy atom. The van der Waals surface area contributed by atoms with E-state index in [2.05, 4.69) is 9.97 Å². The second-order valence-electron chi connectivity index (χ2n) is 5.88. The van der Waals surface area contributed by atoms with Gasteiger partial charge in [-0.15, -0.1) is 0 Å². The lowest BCUT2D eigenvalue weighted by molar-refractivity contribution is -0.123. The van der Waals surface area contributed by atoms with Gasteiger partial charge in [0.05, 0.1) is 29.3 Å². The van der Waals surface area contributed by atoms with Gasteiger partial charge in [0.15, 0.2) is 11.6 Å². The molecule has 0 aliphatic carbocycles. The summed E-state index contributed by atoms with van der Waals surface area (Å²) in [4.78, 5) is 21.2. The minimum atomic E-state index is -1.21. The van der Waals surface area contributed by atoms with Crippen molar-refractivity contribution in [2.24, 2.45) is 5.73 Å². The lowest BCUT2D eigenvalue weighted by Crippen LogP contribution is -2.50. The van der Waals surface area contributed by atoms with E-state index < -0.39 is 23.1 Å². The Bertz CT molecular complexity index is 770. The fourth-order valence-electron chi connectivity index (χ4n) is 2.93. The summed E-state index contributed by atoms with van der Waals surface area (Å²) in [6.07, 6.45) is 2.43. The number of β-amino-alcohol motifs (C(OH)–C–C–N with tert-alkyl or cyclic N) is 1. The van der Waals surface area contributed by atoms with Gasteiger partial charge in [0.2, 0.25) is 5.91 Å². The number of carbonyl (C=O) groups is 1. The summed E-state index contributed by atoms with van der Waals surface area (Å²) in [6.45, 7) is 0.796. The molecule has 23 heavy (non-hydrogen) atoms. The van der Waals surface area contributed by atoms with Crippen LogP contribution in [0.2, 0.25) is 0 Å². The van der Waals surface area contributed by atoms with Crippen molar-refractivity contribution in [1.82, 2.24) is 9.97 Å². The van der Waals surface area contributed by atoms with Crippen molar-refractivity contribution in [2.75, 3.05) is 18.0 Å². The molecule has 8 heteroatoms. The predicted molar refractivity (Wildman–Crippen MR) is 79.7 cm³/mol. The highest BCUT2D eigenvalue weighted by Gasteiger charge is 2.35. The number of benzene rings is 1. The molecule has 1 aliphatic rings. The molecule has 1 unspecified atom stereocenters. The summed E-state index contributed by atoms with van der Waals surface area (Å²) in [5, 5.41) is 10.5. The van der Waals surface area contributed by atoms with Gasteiger partial charge in [-0.3, -0.25) is 9.78 Å². The maximum Gasteiger partial charge on any atom is 0.220 e. The second-order valence-corrected chi connectivity index (χ2v) is 5.88. The Balaban J connectivity index is 1.90. The summed E-state index contributed by atoms with van der Waals surface area (Å²) in [6, 6.07) is 1.97. The molecule has 1 atom stereocenters. The zero-order chi connectivity index (χ0) is 16.6. The first-order chi connectivity index (χ1) is 10.9. The minimum absolute atomic E-state index is 0.135. The summed E-state index contributed by atoms with van der Waals surface area (Å²) in [7, 11) is 0. The molecule has 0 bridgehead atoms. The molecule has 1 amide bonds. The lowest BCUT2D eigenvalue weighted by atomic mass is 9.89. The highest BCUT2D eigenvalue weighted by Crippen LogP contribution is 2.28. The molecule has 3 rings (SSSR count). The number of fused-ring (bicyclic) bond motifs is 1. The largest absolute Gasteiger partial charge is 0.388 e. The number of hydrogen-bond acceptors (Lipinski definition) is 5. The quantitative estimate of drug-likeness (QED) is 0.883. The summed E-state index contributed by atoms with van der Waals surface area (Å²) in [5.41, 5.74) is 4.44. The zero-order valence-corrected chi connectivity index (χ0v) is 12.3. The van der Waals surface area contributed by atoms with E-state index in [4.69, 9.17) is 5.73 Å². The first kappa shape index (κ1) is 15.5. The molecule has 1 saturated heterocycles. The summed E-state index contributed by atoms with van der Waals surface area (Å²) >= 11 is 0. The van der Waals surface area contributed by atoms with Crippen molar-refractivity contribution in [3.8, 4) is 0 Å². The van der Waals surface area contributed by atoms with E-state index in [-0.39, 0.29) is 24.0 Å². The number of primary amides is 1. The number of carbonyl (C=O) groups excluding carboxylic acids is 1. The molecule has 2 heterocycles. The molecule has 1 fully saturated rings. The Labute approximate surface area is 130 Å². The van der Waals surface area contributed by atoms with Crippen molar-refractivity contribution in [2.45, 2.75) is 24.9 Å². The van der Waals surface area contributed by atoms with Crippen LogP contribution in [0.3, 0.4) is 0 Å². The van der Waals surface area contributed by atoms with Crippen LogP contribution in [-0.2, 0) is 4.79 Å². The van der Waals surface area contributed by atoms with E-state index in [0.717, 1.165) is 12.1 Å². The van der Waals surface area contributed by atoms with Gasteiger partial charge < -0.3 is 15.7 Å². The zero-order valence-electron chi connectivity index (χ0n) is 12.3. The van der Waals surface area contributed by atoms with Gasteiger partial charge in [0, 0.05) is 25.2 Å². The SMILES string of the molecule is NC(=O)CC1(O)CCCN(c2cnc3cc(F)c(F)cc3n2)C1. The molecule has 1 aromatic heterocycles. The highest BCUT2D eigenvalue weighted by molar-refractivity contribution is 5.76. The number of rotatable bonds is 3. The van der Waals surface area contributed by atoms with Crippen LogP contribution in [0.5, 0.6) is 0 Å². The second kappa shape index (κ2) is 5.69. The number of anilines is 1. The number of piperidine rings is 1. The van der Waals surface area contributed by atoms with Gasteiger partial charge in [-0.05, 0) is 12.8 Å². The molecule has 0 spiro atoms. The van der Waals surface area contributed by atoms with E-state index in [1.165, 1.54) is 6.20 Å². The number of hydrogen-bond donors (Lipinski definition) is 2. The van der Waals surface area contributed by atoms with Gasteiger partial charge in [-0.25, -0.2) is 13.8 Å². The maximum atomic E-state index is 13.3. The predicted octanol–water partition coefficient (Wildman–Crippen LogP) is 1.11. The fourth-order valence-corrected chi connectivity index (χ4v) is 2.93. The average Bonchev–Trinajstić information content (AvgIpc) is 2.46. The number of nitrogens with two attached hydrogens (primary N) is 1. The topological polar surface area (TPSA) is 92.3 Å². The Morgan fingerprint density at radius 2 is 2.04 bits per heavy atom. The lowest BCUT2D eigenvalue weighted by Gasteiger charge is -2.39. The van der Waals surface area contributed by atoms with E-state index >= 15 is 0 Å². The molecular formula is C15H16F2N4O2. The van der Waals surface area contributed by atoms with Gasteiger partial charge >= 0.3 is 0 Å². The molecule has 0 radical (unpaired) electrons. The van der Waals surface area contributed by atoms with Crippen LogP contribution in [0.15, 0.2) is 18.3 Å². The van der Waals surface area contributed by atoms with E-state index in [1.54, 1.807) is 4.90 Å². The normalized spacial score (nSPS) is 21.6. The van der Waals surface area contributed by atoms with Crippen LogP contribution in [0.1, 0.15) is 19.3 Å². The summed E-state index contributed by atoms with van der Waals surface area (Å²) < 4.78 is 26.5. The smallest absolute Gasteiger partial charge is 0.220 e. The first-order valence-electron chi connectivity index (χ1n) is 7.24. The summed E-state index contributed by atoms with van der Waals surface area (Å²) in [5.74, 6) is -2.11. The van der Waals surface area contributed by atoms with E-state index in [1.807, 2.05) is 0 Å². The first-order valence-corrected chi connectivity index (χ1v) is 7.24. The molecule has 1 aromatic carbocycles. The van der Waals surface area contributed by atoms with Crippen molar-refractivity contribution in [1.29, 1.82) is 0 Å². The van der Waals surface area contributed by atoms with Crippen LogP contribution < -0.4 is 10.6 Å². The van der Waals surface area contributed by atoms with Crippen LogP contribution >= 0.6 is 0 Å². The number of nitrogens with zero attached hydrogens (tertiary/aromatic N) is 3. The standard InChI is InChI=1S/C15H16F2N4O2/c16-9-4-11-12(5-10(9)17)20-14(7-19-11)21-3-1-2-15(23,8-21)6-13(18)22/h4-5,7,23H,1-3,6,8H2,(H2,18,22). The van der Waals surface area contributed by atoms with Crippen LogP contribution in [0.25, 0.3) is 11.0 Å². The van der Waals surface area contributed by atoms with Crippen molar-refractivity contribution < 1.29 is 18.7 Å². The maximum absolute atomic E-state index is 13.3. The van der Waals surface area contributed by atoms with E-state index in [9.17, 15) is 18.7 Å². The number of aliphatic hydroxyl groups is 1. The molecule has 6 nitrogen and oxygen atoms in total. The fraction of sp³-hybridized carbons (Fsp3) is 0.400. The number of amides is 1. The van der Waals surface area contributed by atoms with Gasteiger partial charge in [-0.2, -0.15) is 0 Å². The average molecular weight is 322 g/mol. The third-order valence-corrected chi connectivity index (χ3v) is 3.95. The van der Waals surface area contributed by atoms with E-state index in [0.29, 0.717) is 25.2 Å². The van der Waals surface area contributed by atoms with Crippen molar-refractivity contribution in [3.63, 3.8) is 0 Å².